The molecular formula is C24H24O4. The molecule has 0 saturated heterocycles. The van der Waals surface area contributed by atoms with Crippen LogP contribution in [0.3, 0.4) is 0 Å². The summed E-state index contributed by atoms with van der Waals surface area (Å²) in [6.45, 7) is 0. The van der Waals surface area contributed by atoms with E-state index in [9.17, 15) is 9.59 Å². The van der Waals surface area contributed by atoms with Gasteiger partial charge in [-0.15, -0.1) is 0 Å². The molecule has 6 atom stereocenters. The largest absolute Gasteiger partial charge is 0.458 e. The van der Waals surface area contributed by atoms with E-state index in [0.29, 0.717) is 28.9 Å². The maximum Gasteiger partial charge on any atom is 0.338 e. The second-order valence-electron chi connectivity index (χ2n) is 8.43. The van der Waals surface area contributed by atoms with Crippen molar-refractivity contribution in [3.8, 4) is 0 Å². The van der Waals surface area contributed by atoms with E-state index in [4.69, 9.17) is 9.47 Å². The average molecular weight is 376 g/mol. The second-order valence-corrected chi connectivity index (χ2v) is 8.43. The van der Waals surface area contributed by atoms with Gasteiger partial charge in [0.15, 0.2) is 0 Å². The molecule has 28 heavy (non-hydrogen) atoms. The van der Waals surface area contributed by atoms with Gasteiger partial charge in [0.1, 0.15) is 12.2 Å². The van der Waals surface area contributed by atoms with Gasteiger partial charge in [0.25, 0.3) is 0 Å². The van der Waals surface area contributed by atoms with Gasteiger partial charge in [0.05, 0.1) is 11.1 Å². The number of rotatable bonds is 4. The van der Waals surface area contributed by atoms with Gasteiger partial charge in [0.2, 0.25) is 0 Å². The van der Waals surface area contributed by atoms with E-state index >= 15 is 0 Å². The molecule has 3 fully saturated rings. The van der Waals surface area contributed by atoms with Gasteiger partial charge in [-0.2, -0.15) is 0 Å². The van der Waals surface area contributed by atoms with E-state index in [2.05, 4.69) is 0 Å². The number of hydrogen-bond acceptors (Lipinski definition) is 4. The summed E-state index contributed by atoms with van der Waals surface area (Å²) in [5.74, 6) is 1.18. The Balaban J connectivity index is 1.30. The first-order chi connectivity index (χ1) is 13.7. The molecule has 2 aromatic carbocycles. The first kappa shape index (κ1) is 17.5. The third-order valence-electron chi connectivity index (χ3n) is 6.85. The number of fused-ring (bicyclic) bond motifs is 2. The number of benzene rings is 2. The highest BCUT2D eigenvalue weighted by molar-refractivity contribution is 5.90. The van der Waals surface area contributed by atoms with E-state index in [1.807, 2.05) is 36.4 Å². The molecule has 144 valence electrons. The molecule has 0 heterocycles. The van der Waals surface area contributed by atoms with Gasteiger partial charge in [-0.3, -0.25) is 0 Å². The van der Waals surface area contributed by atoms with E-state index in [1.165, 1.54) is 0 Å². The van der Waals surface area contributed by atoms with Crippen molar-refractivity contribution in [1.82, 2.24) is 0 Å². The molecule has 3 saturated carbocycles. The topological polar surface area (TPSA) is 52.6 Å². The maximum absolute atomic E-state index is 12.6. The summed E-state index contributed by atoms with van der Waals surface area (Å²) >= 11 is 0. The van der Waals surface area contributed by atoms with Crippen molar-refractivity contribution < 1.29 is 19.1 Å². The molecule has 3 aliphatic carbocycles. The van der Waals surface area contributed by atoms with Crippen molar-refractivity contribution in [2.45, 2.75) is 37.9 Å². The maximum atomic E-state index is 12.6. The van der Waals surface area contributed by atoms with Gasteiger partial charge in [-0.1, -0.05) is 36.4 Å². The molecule has 3 aliphatic rings. The second kappa shape index (κ2) is 7.08. The smallest absolute Gasteiger partial charge is 0.338 e. The van der Waals surface area contributed by atoms with E-state index in [-0.39, 0.29) is 30.1 Å². The Morgan fingerprint density at radius 2 is 1.18 bits per heavy atom. The minimum absolute atomic E-state index is 0.0608. The molecule has 0 aliphatic heterocycles. The summed E-state index contributed by atoms with van der Waals surface area (Å²) in [7, 11) is 0. The summed E-state index contributed by atoms with van der Waals surface area (Å²) in [4.78, 5) is 25.2. The van der Waals surface area contributed by atoms with Crippen molar-refractivity contribution in [2.75, 3.05) is 0 Å². The zero-order valence-corrected chi connectivity index (χ0v) is 15.7. The molecule has 5 rings (SSSR count). The monoisotopic (exact) mass is 376 g/mol. The lowest BCUT2D eigenvalue weighted by molar-refractivity contribution is -0.0596. The summed E-state index contributed by atoms with van der Waals surface area (Å²) in [5, 5.41) is 0. The van der Waals surface area contributed by atoms with Crippen LogP contribution in [-0.2, 0) is 9.47 Å². The molecule has 0 aromatic heterocycles. The van der Waals surface area contributed by atoms with E-state index < -0.39 is 0 Å². The molecule has 2 aromatic rings. The Morgan fingerprint density at radius 1 is 0.643 bits per heavy atom. The third-order valence-corrected chi connectivity index (χ3v) is 6.85. The quantitative estimate of drug-likeness (QED) is 0.737. The van der Waals surface area contributed by atoms with Crippen molar-refractivity contribution >= 4 is 11.9 Å². The van der Waals surface area contributed by atoms with Gasteiger partial charge >= 0.3 is 11.9 Å². The molecule has 0 N–H and O–H groups in total. The summed E-state index contributed by atoms with van der Waals surface area (Å²) in [5.41, 5.74) is 1.20. The number of esters is 2. The fraction of sp³-hybridized carbons (Fsp3) is 0.417. The predicted octanol–water partition coefficient (Wildman–Crippen LogP) is 4.50. The van der Waals surface area contributed by atoms with Crippen LogP contribution in [0.2, 0.25) is 0 Å². The van der Waals surface area contributed by atoms with Crippen LogP contribution in [0.1, 0.15) is 46.4 Å². The molecule has 0 spiro atoms. The van der Waals surface area contributed by atoms with Crippen molar-refractivity contribution in [3.63, 3.8) is 0 Å². The molecular weight excluding hydrogens is 352 g/mol. The highest BCUT2D eigenvalue weighted by Gasteiger charge is 2.56. The molecule has 0 amide bonds. The van der Waals surface area contributed by atoms with Crippen LogP contribution in [0.4, 0.5) is 0 Å². The predicted molar refractivity (Wildman–Crippen MR) is 104 cm³/mol. The van der Waals surface area contributed by atoms with Gasteiger partial charge < -0.3 is 9.47 Å². The van der Waals surface area contributed by atoms with Crippen molar-refractivity contribution in [2.24, 2.45) is 23.7 Å². The van der Waals surface area contributed by atoms with E-state index in [0.717, 1.165) is 25.7 Å². The number of hydrogen-bond donors (Lipinski definition) is 0. The highest BCUT2D eigenvalue weighted by atomic mass is 16.6. The number of carbonyl (C=O) groups is 2. The van der Waals surface area contributed by atoms with Crippen LogP contribution in [0.25, 0.3) is 0 Å². The van der Waals surface area contributed by atoms with Crippen LogP contribution >= 0.6 is 0 Å². The summed E-state index contributed by atoms with van der Waals surface area (Å²) < 4.78 is 11.9. The van der Waals surface area contributed by atoms with Crippen LogP contribution in [0.5, 0.6) is 0 Å². The normalized spacial score (nSPS) is 32.7. The van der Waals surface area contributed by atoms with Crippen molar-refractivity contribution in [3.05, 3.63) is 71.8 Å². The Kier molecular flexibility index (Phi) is 4.42. The first-order valence-electron chi connectivity index (χ1n) is 10.2. The fourth-order valence-corrected chi connectivity index (χ4v) is 5.68. The SMILES string of the molecule is O=C(OC1CC2CC3CC(CC31)C2OC(=O)c1ccccc1)c1ccccc1. The Hall–Kier alpha value is -2.62. The molecule has 0 radical (unpaired) electrons. The zero-order valence-electron chi connectivity index (χ0n) is 15.7. The molecule has 4 nitrogen and oxygen atoms in total. The van der Waals surface area contributed by atoms with Crippen molar-refractivity contribution in [1.29, 1.82) is 0 Å². The minimum atomic E-state index is -0.242. The van der Waals surface area contributed by atoms with Gasteiger partial charge in [-0.25, -0.2) is 9.59 Å². The number of ether oxygens (including phenoxy) is 2. The standard InChI is InChI=1S/C24H24O4/c25-23(15-7-3-1-4-8-15)27-21-14-19-12-17-11-18(13-20(17)21)22(19)28-24(26)16-9-5-2-6-10-16/h1-10,17-22H,11-14H2. The average Bonchev–Trinajstić information content (AvgIpc) is 3.06. The van der Waals surface area contributed by atoms with E-state index in [1.54, 1.807) is 24.3 Å². The third kappa shape index (κ3) is 3.11. The number of carbonyl (C=O) groups excluding carboxylic acids is 2. The Bertz CT molecular complexity index is 863. The van der Waals surface area contributed by atoms with Crippen LogP contribution in [-0.4, -0.2) is 24.1 Å². The Labute approximate surface area is 164 Å². The fourth-order valence-electron chi connectivity index (χ4n) is 5.68. The molecule has 3 bridgehead atoms. The van der Waals surface area contributed by atoms with Crippen LogP contribution < -0.4 is 0 Å². The van der Waals surface area contributed by atoms with Gasteiger partial charge in [-0.05, 0) is 67.7 Å². The summed E-state index contributed by atoms with van der Waals surface area (Å²) in [6.07, 6.45) is 3.81. The first-order valence-corrected chi connectivity index (χ1v) is 10.2. The van der Waals surface area contributed by atoms with Gasteiger partial charge in [0, 0.05) is 5.92 Å². The minimum Gasteiger partial charge on any atom is -0.458 e. The summed E-state index contributed by atoms with van der Waals surface area (Å²) in [6, 6.07) is 18.4. The lowest BCUT2D eigenvalue weighted by Crippen LogP contribution is -2.43. The lowest BCUT2D eigenvalue weighted by Gasteiger charge is -2.42. The highest BCUT2D eigenvalue weighted by Crippen LogP contribution is 2.57. The lowest BCUT2D eigenvalue weighted by atomic mass is 9.69. The molecule has 6 unspecified atom stereocenters. The zero-order chi connectivity index (χ0) is 19.1. The molecule has 4 heteroatoms. The Morgan fingerprint density at radius 3 is 1.79 bits per heavy atom. The van der Waals surface area contributed by atoms with Crippen LogP contribution in [0.15, 0.2) is 60.7 Å². The van der Waals surface area contributed by atoms with Crippen LogP contribution in [0, 0.1) is 23.7 Å².